The number of carbonyl (C=O) groups is 2. The van der Waals surface area contributed by atoms with Crippen molar-refractivity contribution in [3.63, 3.8) is 0 Å². The minimum atomic E-state index is -0.897. The third-order valence-corrected chi connectivity index (χ3v) is 2.55. The maximum absolute atomic E-state index is 11.5. The van der Waals surface area contributed by atoms with Crippen LogP contribution in [0.1, 0.15) is 47.1 Å². The molecule has 0 N–H and O–H groups in total. The highest BCUT2D eigenvalue weighted by Crippen LogP contribution is 2.25. The van der Waals surface area contributed by atoms with Crippen molar-refractivity contribution in [3.05, 3.63) is 39.8 Å². The normalized spacial score (nSPS) is 10.9. The van der Waals surface area contributed by atoms with Crippen molar-refractivity contribution in [2.45, 2.75) is 26.2 Å². The van der Waals surface area contributed by atoms with Crippen LogP contribution in [0.3, 0.4) is 0 Å². The minimum Gasteiger partial charge on any atom is -0.465 e. The molecule has 0 unspecified atom stereocenters. The number of nitrogens with zero attached hydrogens (tertiary/aromatic N) is 1. The second kappa shape index (κ2) is 5.08. The molecule has 1 rings (SSSR count). The molecule has 0 aliphatic rings. The van der Waals surface area contributed by atoms with E-state index in [2.05, 4.69) is 9.91 Å². The lowest BCUT2D eigenvalue weighted by Crippen LogP contribution is -2.14. The Kier molecular flexibility index (Phi) is 3.96. The Morgan fingerprint density at radius 2 is 1.67 bits per heavy atom. The zero-order chi connectivity index (χ0) is 13.9. The number of ether oxygens (including phenoxy) is 1. The van der Waals surface area contributed by atoms with Crippen molar-refractivity contribution >= 4 is 11.9 Å². The molecule has 0 radical (unpaired) electrons. The predicted molar refractivity (Wildman–Crippen MR) is 66.6 cm³/mol. The maximum Gasteiger partial charge on any atom is 0.337 e. The summed E-state index contributed by atoms with van der Waals surface area (Å²) in [7, 11) is 1.26. The molecule has 1 amide bonds. The van der Waals surface area contributed by atoms with Gasteiger partial charge in [0, 0.05) is 10.7 Å². The average Bonchev–Trinajstić information content (AvgIpc) is 2.35. The Morgan fingerprint density at radius 1 is 1.11 bits per heavy atom. The van der Waals surface area contributed by atoms with Gasteiger partial charge in [0.25, 0.3) is 0 Å². The fraction of sp³-hybridized carbons (Fsp3) is 0.385. The fourth-order valence-electron chi connectivity index (χ4n) is 1.47. The van der Waals surface area contributed by atoms with E-state index in [4.69, 9.17) is 0 Å². The number of nitroso groups, excluding NO2 is 1. The number of hydrogen-bond donors (Lipinski definition) is 0. The van der Waals surface area contributed by atoms with Crippen LogP contribution in [0.15, 0.2) is 23.4 Å². The summed E-state index contributed by atoms with van der Waals surface area (Å²) in [6.07, 6.45) is 0. The molecule has 1 aromatic rings. The van der Waals surface area contributed by atoms with E-state index in [0.29, 0.717) is 0 Å². The summed E-state index contributed by atoms with van der Waals surface area (Å²) < 4.78 is 4.61. The Hall–Kier alpha value is -2.04. The van der Waals surface area contributed by atoms with Crippen molar-refractivity contribution in [1.29, 1.82) is 0 Å². The Morgan fingerprint density at radius 3 is 2.11 bits per heavy atom. The SMILES string of the molecule is COC(=O)c1cc(C(=O)N=O)cc(C(C)(C)C)c1. The summed E-state index contributed by atoms with van der Waals surface area (Å²) in [5.74, 6) is -1.45. The number of hydrogen-bond acceptors (Lipinski definition) is 4. The second-order valence-electron chi connectivity index (χ2n) is 4.94. The first-order valence-corrected chi connectivity index (χ1v) is 5.41. The van der Waals surface area contributed by atoms with Gasteiger partial charge in [-0.05, 0) is 29.2 Å². The highest BCUT2D eigenvalue weighted by Gasteiger charge is 2.20. The molecular weight excluding hydrogens is 234 g/mol. The van der Waals surface area contributed by atoms with Crippen LogP contribution in [0.2, 0.25) is 0 Å². The van der Waals surface area contributed by atoms with Crippen LogP contribution < -0.4 is 0 Å². The van der Waals surface area contributed by atoms with Gasteiger partial charge in [0.05, 0.1) is 12.7 Å². The summed E-state index contributed by atoms with van der Waals surface area (Å²) >= 11 is 0. The van der Waals surface area contributed by atoms with Crippen LogP contribution in [-0.4, -0.2) is 19.0 Å². The fourth-order valence-corrected chi connectivity index (χ4v) is 1.47. The highest BCUT2D eigenvalue weighted by atomic mass is 16.5. The molecule has 5 nitrogen and oxygen atoms in total. The lowest BCUT2D eigenvalue weighted by atomic mass is 9.85. The van der Waals surface area contributed by atoms with Gasteiger partial charge < -0.3 is 4.74 Å². The molecule has 1 aromatic carbocycles. The first-order chi connectivity index (χ1) is 8.29. The predicted octanol–water partition coefficient (Wildman–Crippen LogP) is 2.68. The number of amides is 1. The molecule has 5 heteroatoms. The smallest absolute Gasteiger partial charge is 0.337 e. The van der Waals surface area contributed by atoms with E-state index in [-0.39, 0.29) is 16.5 Å². The Labute approximate surface area is 105 Å². The summed E-state index contributed by atoms with van der Waals surface area (Å²) in [6, 6.07) is 4.52. The average molecular weight is 249 g/mol. The second-order valence-corrected chi connectivity index (χ2v) is 4.94. The van der Waals surface area contributed by atoms with Gasteiger partial charge in [0.2, 0.25) is 0 Å². The first-order valence-electron chi connectivity index (χ1n) is 5.41. The maximum atomic E-state index is 11.5. The van der Waals surface area contributed by atoms with Gasteiger partial charge in [-0.15, -0.1) is 4.91 Å². The van der Waals surface area contributed by atoms with Gasteiger partial charge in [0.15, 0.2) is 0 Å². The van der Waals surface area contributed by atoms with E-state index < -0.39 is 11.9 Å². The zero-order valence-electron chi connectivity index (χ0n) is 10.8. The number of benzene rings is 1. The van der Waals surface area contributed by atoms with Crippen molar-refractivity contribution < 1.29 is 14.3 Å². The molecule has 0 atom stereocenters. The van der Waals surface area contributed by atoms with Gasteiger partial charge in [0.1, 0.15) is 0 Å². The van der Waals surface area contributed by atoms with E-state index in [1.165, 1.54) is 13.2 Å². The third kappa shape index (κ3) is 3.00. The van der Waals surface area contributed by atoms with E-state index in [9.17, 15) is 14.5 Å². The van der Waals surface area contributed by atoms with Gasteiger partial charge in [-0.2, -0.15) is 0 Å². The van der Waals surface area contributed by atoms with Crippen LogP contribution in [0.4, 0.5) is 0 Å². The van der Waals surface area contributed by atoms with Crippen molar-refractivity contribution in [2.24, 2.45) is 5.18 Å². The molecule has 0 fully saturated rings. The molecule has 0 heterocycles. The molecular formula is C13H15NO4. The van der Waals surface area contributed by atoms with E-state index in [1.54, 1.807) is 12.1 Å². The van der Waals surface area contributed by atoms with E-state index in [0.717, 1.165) is 5.56 Å². The molecule has 18 heavy (non-hydrogen) atoms. The molecule has 0 saturated carbocycles. The largest absolute Gasteiger partial charge is 0.465 e. The number of rotatable bonds is 2. The summed E-state index contributed by atoms with van der Waals surface area (Å²) in [5.41, 5.74) is 0.828. The standard InChI is InChI=1S/C13H15NO4/c1-13(2,3)10-6-8(11(15)14-17)5-9(7-10)12(16)18-4/h5-7H,1-4H3. The number of methoxy groups -OCH3 is 1. The van der Waals surface area contributed by atoms with Crippen LogP contribution in [0.25, 0.3) is 0 Å². The van der Waals surface area contributed by atoms with Crippen molar-refractivity contribution in [2.75, 3.05) is 7.11 Å². The van der Waals surface area contributed by atoms with Crippen LogP contribution >= 0.6 is 0 Å². The molecule has 96 valence electrons. The van der Waals surface area contributed by atoms with Crippen LogP contribution in [0.5, 0.6) is 0 Å². The topological polar surface area (TPSA) is 72.8 Å². The molecule has 0 aromatic heterocycles. The lowest BCUT2D eigenvalue weighted by molar-refractivity contribution is 0.0600. The van der Waals surface area contributed by atoms with Crippen LogP contribution in [-0.2, 0) is 10.2 Å². The number of carbonyl (C=O) groups excluding carboxylic acids is 2. The summed E-state index contributed by atoms with van der Waals surface area (Å²) in [6.45, 7) is 5.81. The van der Waals surface area contributed by atoms with Gasteiger partial charge in [-0.1, -0.05) is 20.8 Å². The Balaban J connectivity index is 3.42. The van der Waals surface area contributed by atoms with E-state index in [1.807, 2.05) is 20.8 Å². The molecule has 0 aliphatic heterocycles. The summed E-state index contributed by atoms with van der Waals surface area (Å²) in [5, 5.41) is 2.37. The molecule has 0 aliphatic carbocycles. The minimum absolute atomic E-state index is 0.0952. The molecule has 0 saturated heterocycles. The van der Waals surface area contributed by atoms with Crippen molar-refractivity contribution in [3.8, 4) is 0 Å². The first kappa shape index (κ1) is 14.0. The van der Waals surface area contributed by atoms with Gasteiger partial charge in [-0.3, -0.25) is 4.79 Å². The lowest BCUT2D eigenvalue weighted by Gasteiger charge is -2.20. The number of esters is 1. The Bertz CT molecular complexity index is 500. The van der Waals surface area contributed by atoms with Crippen molar-refractivity contribution in [1.82, 2.24) is 0 Å². The quantitative estimate of drug-likeness (QED) is 0.596. The third-order valence-electron chi connectivity index (χ3n) is 2.55. The van der Waals surface area contributed by atoms with Gasteiger partial charge in [-0.25, -0.2) is 4.79 Å². The highest BCUT2D eigenvalue weighted by molar-refractivity contribution is 5.98. The van der Waals surface area contributed by atoms with Crippen LogP contribution in [0, 0.1) is 4.91 Å². The monoisotopic (exact) mass is 249 g/mol. The van der Waals surface area contributed by atoms with E-state index >= 15 is 0 Å². The zero-order valence-corrected chi connectivity index (χ0v) is 10.8. The van der Waals surface area contributed by atoms with Gasteiger partial charge >= 0.3 is 11.9 Å². The summed E-state index contributed by atoms with van der Waals surface area (Å²) in [4.78, 5) is 33.1. The molecule has 0 bridgehead atoms. The molecule has 0 spiro atoms.